The van der Waals surface area contributed by atoms with Gasteiger partial charge in [0.15, 0.2) is 17.2 Å². The summed E-state index contributed by atoms with van der Waals surface area (Å²) >= 11 is 0. The molecule has 1 rings (SSSR count). The van der Waals surface area contributed by atoms with E-state index in [2.05, 4.69) is 17.5 Å². The molecule has 4 N–H and O–H groups in total. The van der Waals surface area contributed by atoms with Crippen molar-refractivity contribution in [3.8, 4) is 17.2 Å². The average Bonchev–Trinajstić information content (AvgIpc) is 2.39. The summed E-state index contributed by atoms with van der Waals surface area (Å²) in [6.45, 7) is 3.87. The monoisotopic (exact) mass is 266 g/mol. The Kier molecular flexibility index (Phi) is 5.17. The number of hydrogen-bond donors (Lipinski definition) is 4. The second-order valence-electron chi connectivity index (χ2n) is 4.25. The number of rotatable bonds is 5. The van der Waals surface area contributed by atoms with Crippen molar-refractivity contribution in [1.82, 2.24) is 5.43 Å². The van der Waals surface area contributed by atoms with E-state index in [4.69, 9.17) is 5.11 Å². The van der Waals surface area contributed by atoms with Crippen LogP contribution in [0.1, 0.15) is 43.5 Å². The van der Waals surface area contributed by atoms with Gasteiger partial charge in [-0.25, -0.2) is 5.43 Å². The lowest BCUT2D eigenvalue weighted by Crippen LogP contribution is -2.19. The minimum atomic E-state index is -0.654. The van der Waals surface area contributed by atoms with Crippen LogP contribution in [0.3, 0.4) is 0 Å². The molecule has 0 aromatic heterocycles. The normalized spacial score (nSPS) is 11.4. The maximum absolute atomic E-state index is 11.7. The molecule has 19 heavy (non-hydrogen) atoms. The van der Waals surface area contributed by atoms with Crippen LogP contribution in [0.25, 0.3) is 0 Å². The molecule has 0 saturated heterocycles. The number of nitrogens with zero attached hydrogens (tertiary/aromatic N) is 1. The first-order valence-electron chi connectivity index (χ1n) is 6.04. The maximum atomic E-state index is 11.7. The third-order valence-corrected chi connectivity index (χ3v) is 2.57. The molecule has 6 heteroatoms. The lowest BCUT2D eigenvalue weighted by molar-refractivity contribution is 0.0954. The highest BCUT2D eigenvalue weighted by Crippen LogP contribution is 2.35. The Morgan fingerprint density at radius 1 is 1.26 bits per heavy atom. The summed E-state index contributed by atoms with van der Waals surface area (Å²) in [6, 6.07) is 2.11. The number of phenolic OH excluding ortho intramolecular Hbond substituents is 3. The molecule has 0 spiro atoms. The number of aromatic hydroxyl groups is 3. The van der Waals surface area contributed by atoms with E-state index in [0.29, 0.717) is 0 Å². The van der Waals surface area contributed by atoms with Crippen molar-refractivity contribution in [2.75, 3.05) is 0 Å². The first kappa shape index (κ1) is 14.8. The van der Waals surface area contributed by atoms with Crippen LogP contribution in [0.4, 0.5) is 0 Å². The number of hydrazone groups is 1. The molecule has 0 saturated carbocycles. The molecule has 1 aromatic carbocycles. The Labute approximate surface area is 111 Å². The summed E-state index contributed by atoms with van der Waals surface area (Å²) < 4.78 is 0. The van der Waals surface area contributed by atoms with Gasteiger partial charge in [0, 0.05) is 11.3 Å². The number of unbranched alkanes of at least 4 members (excludes halogenated alkanes) is 1. The molecule has 6 nitrogen and oxygen atoms in total. The van der Waals surface area contributed by atoms with Gasteiger partial charge in [-0.2, -0.15) is 5.10 Å². The second kappa shape index (κ2) is 6.63. The number of benzene rings is 1. The lowest BCUT2D eigenvalue weighted by atomic mass is 10.2. The van der Waals surface area contributed by atoms with Crippen molar-refractivity contribution in [1.29, 1.82) is 0 Å². The highest BCUT2D eigenvalue weighted by Gasteiger charge is 2.13. The molecular weight excluding hydrogens is 248 g/mol. The van der Waals surface area contributed by atoms with Gasteiger partial charge < -0.3 is 15.3 Å². The number of carbonyl (C=O) groups is 1. The maximum Gasteiger partial charge on any atom is 0.271 e. The number of nitrogens with one attached hydrogen (secondary N) is 1. The average molecular weight is 266 g/mol. The summed E-state index contributed by atoms with van der Waals surface area (Å²) in [5.74, 6) is -2.34. The molecule has 0 fully saturated rings. The molecule has 1 amide bonds. The molecular formula is C13H18N2O4. The van der Waals surface area contributed by atoms with Gasteiger partial charge in [-0.05, 0) is 31.9 Å². The quantitative estimate of drug-likeness (QED) is 0.372. The Morgan fingerprint density at radius 2 is 1.84 bits per heavy atom. The second-order valence-corrected chi connectivity index (χ2v) is 4.25. The number of phenols is 3. The Hall–Kier alpha value is -2.24. The fraction of sp³-hybridized carbons (Fsp3) is 0.385. The standard InChI is InChI=1S/C13H18N2O4/c1-3-4-5-8(2)14-15-13(19)9-6-10(16)12(18)11(17)7-9/h6-7,16-18H,3-5H2,1-2H3,(H,15,19)/b14-8+. The van der Waals surface area contributed by atoms with Gasteiger partial charge in [0.25, 0.3) is 5.91 Å². The number of hydrogen-bond acceptors (Lipinski definition) is 5. The zero-order chi connectivity index (χ0) is 14.4. The predicted octanol–water partition coefficient (Wildman–Crippen LogP) is 2.10. The van der Waals surface area contributed by atoms with E-state index in [1.54, 1.807) is 0 Å². The summed E-state index contributed by atoms with van der Waals surface area (Å²) in [5, 5.41) is 31.7. The Balaban J connectivity index is 2.74. The number of carbonyl (C=O) groups excluding carboxylic acids is 1. The van der Waals surface area contributed by atoms with Gasteiger partial charge in [-0.3, -0.25) is 4.79 Å². The van der Waals surface area contributed by atoms with E-state index < -0.39 is 23.2 Å². The molecule has 0 aliphatic carbocycles. The topological polar surface area (TPSA) is 102 Å². The largest absolute Gasteiger partial charge is 0.504 e. The van der Waals surface area contributed by atoms with Gasteiger partial charge >= 0.3 is 0 Å². The zero-order valence-electron chi connectivity index (χ0n) is 11.0. The third kappa shape index (κ3) is 4.17. The van der Waals surface area contributed by atoms with E-state index in [0.717, 1.165) is 37.1 Å². The van der Waals surface area contributed by atoms with E-state index in [-0.39, 0.29) is 5.56 Å². The van der Waals surface area contributed by atoms with Crippen molar-refractivity contribution < 1.29 is 20.1 Å². The van der Waals surface area contributed by atoms with Crippen LogP contribution in [-0.2, 0) is 0 Å². The van der Waals surface area contributed by atoms with E-state index in [1.807, 2.05) is 6.92 Å². The van der Waals surface area contributed by atoms with Crippen LogP contribution in [-0.4, -0.2) is 26.9 Å². The van der Waals surface area contributed by atoms with Crippen LogP contribution in [0, 0.1) is 0 Å². The van der Waals surface area contributed by atoms with Crippen molar-refractivity contribution in [3.63, 3.8) is 0 Å². The van der Waals surface area contributed by atoms with Crippen LogP contribution >= 0.6 is 0 Å². The smallest absolute Gasteiger partial charge is 0.271 e. The number of amides is 1. The summed E-state index contributed by atoms with van der Waals surface area (Å²) in [4.78, 5) is 11.7. The van der Waals surface area contributed by atoms with Crippen molar-refractivity contribution in [2.24, 2.45) is 5.10 Å². The zero-order valence-corrected chi connectivity index (χ0v) is 11.0. The van der Waals surface area contributed by atoms with Crippen LogP contribution in [0.15, 0.2) is 17.2 Å². The summed E-state index contributed by atoms with van der Waals surface area (Å²) in [5.41, 5.74) is 3.13. The molecule has 104 valence electrons. The highest BCUT2D eigenvalue weighted by atomic mass is 16.3. The van der Waals surface area contributed by atoms with Gasteiger partial charge in [-0.15, -0.1) is 0 Å². The SMILES string of the molecule is CCCC/C(C)=N/NC(=O)c1cc(O)c(O)c(O)c1. The molecule has 0 heterocycles. The van der Waals surface area contributed by atoms with Gasteiger partial charge in [0.05, 0.1) is 0 Å². The van der Waals surface area contributed by atoms with E-state index in [1.165, 1.54) is 0 Å². The first-order valence-corrected chi connectivity index (χ1v) is 6.04. The van der Waals surface area contributed by atoms with Crippen LogP contribution in [0.5, 0.6) is 17.2 Å². The summed E-state index contributed by atoms with van der Waals surface area (Å²) in [6.07, 6.45) is 2.83. The minimum absolute atomic E-state index is 0.0137. The van der Waals surface area contributed by atoms with Crippen LogP contribution in [0.2, 0.25) is 0 Å². The minimum Gasteiger partial charge on any atom is -0.504 e. The third-order valence-electron chi connectivity index (χ3n) is 2.57. The van der Waals surface area contributed by atoms with Gasteiger partial charge in [0.1, 0.15) is 0 Å². The fourth-order valence-corrected chi connectivity index (χ4v) is 1.43. The van der Waals surface area contributed by atoms with Crippen molar-refractivity contribution in [3.05, 3.63) is 17.7 Å². The lowest BCUT2D eigenvalue weighted by Gasteiger charge is -2.05. The Bertz CT molecular complexity index is 474. The van der Waals surface area contributed by atoms with Crippen molar-refractivity contribution in [2.45, 2.75) is 33.1 Å². The highest BCUT2D eigenvalue weighted by molar-refractivity contribution is 5.96. The molecule has 0 atom stereocenters. The van der Waals surface area contributed by atoms with E-state index in [9.17, 15) is 15.0 Å². The predicted molar refractivity (Wildman–Crippen MR) is 71.5 cm³/mol. The molecule has 0 aliphatic rings. The van der Waals surface area contributed by atoms with Crippen molar-refractivity contribution >= 4 is 11.6 Å². The first-order chi connectivity index (χ1) is 8.95. The van der Waals surface area contributed by atoms with Gasteiger partial charge in [-0.1, -0.05) is 13.3 Å². The molecule has 0 bridgehead atoms. The molecule has 0 unspecified atom stereocenters. The molecule has 0 radical (unpaired) electrons. The van der Waals surface area contributed by atoms with E-state index >= 15 is 0 Å². The van der Waals surface area contributed by atoms with Crippen LogP contribution < -0.4 is 5.43 Å². The van der Waals surface area contributed by atoms with Gasteiger partial charge in [0.2, 0.25) is 0 Å². The Morgan fingerprint density at radius 3 is 2.37 bits per heavy atom. The molecule has 0 aliphatic heterocycles. The molecule has 1 aromatic rings. The summed E-state index contributed by atoms with van der Waals surface area (Å²) in [7, 11) is 0. The fourth-order valence-electron chi connectivity index (χ4n) is 1.43.